The van der Waals surface area contributed by atoms with E-state index in [1.54, 1.807) is 0 Å². The molecule has 1 aliphatic rings. The summed E-state index contributed by atoms with van der Waals surface area (Å²) in [6.07, 6.45) is 2.26. The molecule has 1 aliphatic heterocycles. The number of aryl methyl sites for hydroxylation is 1. The van der Waals surface area contributed by atoms with Crippen molar-refractivity contribution in [2.75, 3.05) is 5.32 Å². The smallest absolute Gasteiger partial charge is 0.303 e. The summed E-state index contributed by atoms with van der Waals surface area (Å²) >= 11 is 0. The molecule has 5 heteroatoms. The van der Waals surface area contributed by atoms with E-state index in [4.69, 9.17) is 5.11 Å². The maximum Gasteiger partial charge on any atom is 0.303 e. The molecule has 0 fully saturated rings. The second-order valence-corrected chi connectivity index (χ2v) is 6.01. The van der Waals surface area contributed by atoms with E-state index in [1.165, 1.54) is 0 Å². The molecule has 0 saturated carbocycles. The van der Waals surface area contributed by atoms with Gasteiger partial charge in [-0.25, -0.2) is 0 Å². The molecule has 25 heavy (non-hydrogen) atoms. The zero-order valence-corrected chi connectivity index (χ0v) is 13.4. The predicted molar refractivity (Wildman–Crippen MR) is 97.2 cm³/mol. The molecule has 0 bridgehead atoms. The van der Waals surface area contributed by atoms with E-state index in [0.717, 1.165) is 33.4 Å². The highest BCUT2D eigenvalue weighted by Gasteiger charge is 2.24. The number of carboxylic acid groups (broad SMARTS) is 1. The summed E-state index contributed by atoms with van der Waals surface area (Å²) in [5, 5.41) is 12.9. The van der Waals surface area contributed by atoms with Crippen molar-refractivity contribution in [3.8, 4) is 0 Å². The van der Waals surface area contributed by atoms with Gasteiger partial charge in [0, 0.05) is 34.3 Å². The van der Waals surface area contributed by atoms with Gasteiger partial charge in [-0.1, -0.05) is 36.4 Å². The lowest BCUT2D eigenvalue weighted by Crippen LogP contribution is -2.04. The number of fused-ring (bicyclic) bond motifs is 2. The van der Waals surface area contributed by atoms with Gasteiger partial charge in [-0.2, -0.15) is 0 Å². The summed E-state index contributed by atoms with van der Waals surface area (Å²) in [5.74, 6) is -0.989. The lowest BCUT2D eigenvalue weighted by Gasteiger charge is -2.01. The first kappa shape index (κ1) is 15.2. The average molecular weight is 332 g/mol. The molecule has 0 atom stereocenters. The number of hydrogen-bond donors (Lipinski definition) is 3. The van der Waals surface area contributed by atoms with E-state index < -0.39 is 5.97 Å². The van der Waals surface area contributed by atoms with Crippen LogP contribution in [0.25, 0.3) is 22.6 Å². The van der Waals surface area contributed by atoms with Gasteiger partial charge in [0.25, 0.3) is 5.91 Å². The maximum atomic E-state index is 12.3. The normalized spacial score (nSPS) is 14.7. The Balaban J connectivity index is 1.85. The second kappa shape index (κ2) is 5.94. The number of aromatic amines is 1. The molecule has 0 unspecified atom stereocenters. The molecule has 124 valence electrons. The van der Waals surface area contributed by atoms with Gasteiger partial charge in [0.2, 0.25) is 0 Å². The van der Waals surface area contributed by atoms with Crippen molar-refractivity contribution in [3.05, 3.63) is 65.4 Å². The second-order valence-electron chi connectivity index (χ2n) is 6.01. The van der Waals surface area contributed by atoms with Crippen LogP contribution in [0.4, 0.5) is 5.69 Å². The number of aromatic nitrogens is 1. The van der Waals surface area contributed by atoms with Crippen molar-refractivity contribution in [1.29, 1.82) is 0 Å². The first-order chi connectivity index (χ1) is 12.1. The van der Waals surface area contributed by atoms with Crippen LogP contribution in [0.2, 0.25) is 0 Å². The summed E-state index contributed by atoms with van der Waals surface area (Å²) in [5.41, 5.74) is 4.87. The van der Waals surface area contributed by atoms with Gasteiger partial charge in [-0.15, -0.1) is 0 Å². The fourth-order valence-electron chi connectivity index (χ4n) is 3.27. The van der Waals surface area contributed by atoms with Gasteiger partial charge in [-0.3, -0.25) is 9.59 Å². The number of H-pyrrole nitrogens is 1. The molecule has 2 heterocycles. The molecular formula is C20H16N2O3. The van der Waals surface area contributed by atoms with Crippen LogP contribution >= 0.6 is 0 Å². The zero-order valence-electron chi connectivity index (χ0n) is 13.4. The van der Waals surface area contributed by atoms with Crippen LogP contribution in [0, 0.1) is 0 Å². The van der Waals surface area contributed by atoms with Crippen LogP contribution in [0.15, 0.2) is 48.5 Å². The molecule has 0 saturated heterocycles. The summed E-state index contributed by atoms with van der Waals surface area (Å²) < 4.78 is 0. The number of para-hydroxylation sites is 2. The van der Waals surface area contributed by atoms with Crippen LogP contribution < -0.4 is 5.32 Å². The largest absolute Gasteiger partial charge is 0.481 e. The Kier molecular flexibility index (Phi) is 3.61. The molecule has 2 aromatic carbocycles. The van der Waals surface area contributed by atoms with Gasteiger partial charge < -0.3 is 15.4 Å². The molecule has 0 radical (unpaired) electrons. The Hall–Kier alpha value is -3.34. The van der Waals surface area contributed by atoms with E-state index >= 15 is 0 Å². The van der Waals surface area contributed by atoms with Crippen molar-refractivity contribution in [1.82, 2.24) is 4.98 Å². The Labute approximate surface area is 144 Å². The third kappa shape index (κ3) is 2.70. The topological polar surface area (TPSA) is 82.2 Å². The van der Waals surface area contributed by atoms with E-state index in [0.29, 0.717) is 12.0 Å². The molecule has 5 nitrogen and oxygen atoms in total. The molecule has 4 rings (SSSR count). The highest BCUT2D eigenvalue weighted by Crippen LogP contribution is 2.34. The van der Waals surface area contributed by atoms with Crippen LogP contribution in [0.5, 0.6) is 0 Å². The number of carbonyl (C=O) groups is 2. The number of carboxylic acids is 1. The van der Waals surface area contributed by atoms with Gasteiger partial charge >= 0.3 is 5.97 Å². The molecule has 3 N–H and O–H groups in total. The highest BCUT2D eigenvalue weighted by molar-refractivity contribution is 6.35. The highest BCUT2D eigenvalue weighted by atomic mass is 16.4. The summed E-state index contributed by atoms with van der Waals surface area (Å²) in [6.45, 7) is 0. The average Bonchev–Trinajstić information content (AvgIpc) is 3.11. The number of aliphatic carboxylic acids is 1. The van der Waals surface area contributed by atoms with Crippen LogP contribution in [-0.2, 0) is 16.0 Å². The van der Waals surface area contributed by atoms with Gasteiger partial charge in [0.15, 0.2) is 0 Å². The number of rotatable bonds is 4. The summed E-state index contributed by atoms with van der Waals surface area (Å²) in [4.78, 5) is 26.7. The van der Waals surface area contributed by atoms with Crippen LogP contribution in [0.3, 0.4) is 0 Å². The maximum absolute atomic E-state index is 12.3. The van der Waals surface area contributed by atoms with E-state index in [-0.39, 0.29) is 12.3 Å². The molecular weight excluding hydrogens is 316 g/mol. The first-order valence-corrected chi connectivity index (χ1v) is 8.07. The fourth-order valence-corrected chi connectivity index (χ4v) is 3.27. The minimum absolute atomic E-state index is 0.0425. The molecule has 0 spiro atoms. The Bertz CT molecular complexity index is 1030. The Morgan fingerprint density at radius 2 is 1.84 bits per heavy atom. The standard InChI is InChI=1S/C20H16N2O3/c23-19(24)10-9-14-12-5-1-3-7-16(12)21-18(14)11-15-13-6-2-4-8-17(13)22-20(15)25/h1-8,11,21H,9-10H2,(H,22,25)(H,23,24)/b15-11-. The molecule has 1 aromatic heterocycles. The van der Waals surface area contributed by atoms with Gasteiger partial charge in [0.05, 0.1) is 5.57 Å². The van der Waals surface area contributed by atoms with Crippen molar-refractivity contribution >= 4 is 40.1 Å². The van der Waals surface area contributed by atoms with Gasteiger partial charge in [0.1, 0.15) is 0 Å². The quantitative estimate of drug-likeness (QED) is 0.637. The minimum atomic E-state index is -0.840. The molecule has 3 aromatic rings. The zero-order chi connectivity index (χ0) is 17.4. The third-order valence-corrected chi connectivity index (χ3v) is 4.43. The molecule has 0 aliphatic carbocycles. The Morgan fingerprint density at radius 1 is 1.08 bits per heavy atom. The van der Waals surface area contributed by atoms with Crippen molar-refractivity contribution in [2.24, 2.45) is 0 Å². The SMILES string of the molecule is O=C(O)CCc1c(/C=C2\C(=O)Nc3ccccc32)[nH]c2ccccc12. The number of benzene rings is 2. The Morgan fingerprint density at radius 3 is 2.68 bits per heavy atom. The number of anilines is 1. The van der Waals surface area contributed by atoms with Gasteiger partial charge in [-0.05, 0) is 30.2 Å². The number of carbonyl (C=O) groups excluding carboxylic acids is 1. The van der Waals surface area contributed by atoms with Crippen molar-refractivity contribution in [3.63, 3.8) is 0 Å². The summed E-state index contributed by atoms with van der Waals surface area (Å²) in [6, 6.07) is 15.3. The number of hydrogen-bond acceptors (Lipinski definition) is 2. The van der Waals surface area contributed by atoms with E-state index in [2.05, 4.69) is 10.3 Å². The number of nitrogens with one attached hydrogen (secondary N) is 2. The van der Waals surface area contributed by atoms with Crippen LogP contribution in [-0.4, -0.2) is 22.0 Å². The summed E-state index contributed by atoms with van der Waals surface area (Å²) in [7, 11) is 0. The van der Waals surface area contributed by atoms with E-state index in [1.807, 2.05) is 54.6 Å². The lowest BCUT2D eigenvalue weighted by atomic mass is 10.0. The minimum Gasteiger partial charge on any atom is -0.481 e. The molecule has 1 amide bonds. The third-order valence-electron chi connectivity index (χ3n) is 4.43. The predicted octanol–water partition coefficient (Wildman–Crippen LogP) is 3.68. The first-order valence-electron chi connectivity index (χ1n) is 8.07. The lowest BCUT2D eigenvalue weighted by molar-refractivity contribution is -0.136. The van der Waals surface area contributed by atoms with Crippen LogP contribution in [0.1, 0.15) is 23.2 Å². The fraction of sp³-hybridized carbons (Fsp3) is 0.100. The van der Waals surface area contributed by atoms with E-state index in [9.17, 15) is 9.59 Å². The van der Waals surface area contributed by atoms with Crippen molar-refractivity contribution < 1.29 is 14.7 Å². The monoisotopic (exact) mass is 332 g/mol. The number of amides is 1. The van der Waals surface area contributed by atoms with Crippen molar-refractivity contribution in [2.45, 2.75) is 12.8 Å².